The number of nitrogens with two attached hydrogens (primary N) is 1. The van der Waals surface area contributed by atoms with E-state index in [1.165, 1.54) is 0 Å². The molecule has 0 amide bonds. The van der Waals surface area contributed by atoms with Gasteiger partial charge in [0.25, 0.3) is 0 Å². The molecule has 4 aromatic heterocycles. The standard InChI is InChI=1S/C24H17N7O/c1-26-19-10-12-27-13-18(19)20-8-9-21-24(29-20)31(16-6-4-15(14-32)5-7-16)23(30-21)17-3-2-11-28-22(17)25/h2-13,32H,14H2,(H2,25,28). The van der Waals surface area contributed by atoms with Crippen molar-refractivity contribution in [3.63, 3.8) is 0 Å². The summed E-state index contributed by atoms with van der Waals surface area (Å²) < 4.78 is 1.90. The van der Waals surface area contributed by atoms with E-state index in [1.54, 1.807) is 30.7 Å². The first-order valence-electron chi connectivity index (χ1n) is 9.82. The lowest BCUT2D eigenvalue weighted by Gasteiger charge is -2.11. The van der Waals surface area contributed by atoms with E-state index in [0.717, 1.165) is 11.3 Å². The Morgan fingerprint density at radius 3 is 2.56 bits per heavy atom. The van der Waals surface area contributed by atoms with E-state index in [0.29, 0.717) is 45.3 Å². The summed E-state index contributed by atoms with van der Waals surface area (Å²) in [5.74, 6) is 0.961. The van der Waals surface area contributed by atoms with Crippen molar-refractivity contribution >= 4 is 22.7 Å². The van der Waals surface area contributed by atoms with Gasteiger partial charge in [-0.1, -0.05) is 12.1 Å². The van der Waals surface area contributed by atoms with Gasteiger partial charge >= 0.3 is 0 Å². The molecule has 0 aliphatic heterocycles. The number of hydrogen-bond donors (Lipinski definition) is 2. The van der Waals surface area contributed by atoms with Crippen LogP contribution in [0.1, 0.15) is 5.56 Å². The highest BCUT2D eigenvalue weighted by molar-refractivity contribution is 5.86. The number of aliphatic hydroxyl groups excluding tert-OH is 1. The summed E-state index contributed by atoms with van der Waals surface area (Å²) in [6.45, 7) is 7.42. The Labute approximate surface area is 183 Å². The highest BCUT2D eigenvalue weighted by Crippen LogP contribution is 2.33. The summed E-state index contributed by atoms with van der Waals surface area (Å²) in [7, 11) is 0. The van der Waals surface area contributed by atoms with Crippen LogP contribution < -0.4 is 5.73 Å². The monoisotopic (exact) mass is 419 g/mol. The maximum Gasteiger partial charge on any atom is 0.199 e. The molecule has 0 saturated carbocycles. The maximum absolute atomic E-state index is 9.43. The molecule has 32 heavy (non-hydrogen) atoms. The summed E-state index contributed by atoms with van der Waals surface area (Å²) in [5, 5.41) is 9.43. The second-order valence-electron chi connectivity index (χ2n) is 7.08. The average Bonchev–Trinajstić information content (AvgIpc) is 3.22. The third-order valence-electron chi connectivity index (χ3n) is 5.16. The summed E-state index contributed by atoms with van der Waals surface area (Å²) in [4.78, 5) is 21.6. The minimum atomic E-state index is -0.0455. The molecule has 0 radical (unpaired) electrons. The molecule has 0 aliphatic carbocycles. The van der Waals surface area contributed by atoms with Gasteiger partial charge in [-0.05, 0) is 48.0 Å². The Morgan fingerprint density at radius 1 is 0.969 bits per heavy atom. The van der Waals surface area contributed by atoms with Gasteiger partial charge in [0, 0.05) is 29.8 Å². The minimum absolute atomic E-state index is 0.0455. The first-order valence-corrected chi connectivity index (χ1v) is 9.82. The summed E-state index contributed by atoms with van der Waals surface area (Å²) in [5.41, 5.74) is 11.5. The second-order valence-corrected chi connectivity index (χ2v) is 7.08. The summed E-state index contributed by atoms with van der Waals surface area (Å²) in [6, 6.07) is 16.5. The number of fused-ring (bicyclic) bond motifs is 1. The SMILES string of the molecule is [C-]#[N+]c1ccncc1-c1ccc2nc(-c3cccnc3N)n(-c3ccc(CO)cc3)c2n1. The minimum Gasteiger partial charge on any atom is -0.392 e. The number of aromatic nitrogens is 5. The Kier molecular flexibility index (Phi) is 4.78. The Bertz CT molecular complexity index is 1480. The number of nitrogen functional groups attached to an aromatic ring is 1. The van der Waals surface area contributed by atoms with Gasteiger partial charge < -0.3 is 10.8 Å². The highest BCUT2D eigenvalue weighted by atomic mass is 16.3. The Balaban J connectivity index is 1.80. The largest absolute Gasteiger partial charge is 0.392 e. The smallest absolute Gasteiger partial charge is 0.199 e. The van der Waals surface area contributed by atoms with Crippen LogP contribution in [0.4, 0.5) is 11.5 Å². The van der Waals surface area contributed by atoms with Crippen LogP contribution in [0.5, 0.6) is 0 Å². The van der Waals surface area contributed by atoms with Crippen molar-refractivity contribution in [3.8, 4) is 28.3 Å². The number of anilines is 1. The normalized spacial score (nSPS) is 10.9. The van der Waals surface area contributed by atoms with Crippen LogP contribution in [0.15, 0.2) is 73.2 Å². The predicted molar refractivity (Wildman–Crippen MR) is 122 cm³/mol. The molecule has 0 saturated heterocycles. The summed E-state index contributed by atoms with van der Waals surface area (Å²) >= 11 is 0. The van der Waals surface area contributed by atoms with E-state index in [9.17, 15) is 5.11 Å². The van der Waals surface area contributed by atoms with Crippen LogP contribution in [0.2, 0.25) is 0 Å². The van der Waals surface area contributed by atoms with E-state index in [2.05, 4.69) is 14.8 Å². The molecular weight excluding hydrogens is 402 g/mol. The van der Waals surface area contributed by atoms with Crippen molar-refractivity contribution in [2.75, 3.05) is 5.73 Å². The third-order valence-corrected chi connectivity index (χ3v) is 5.16. The van der Waals surface area contributed by atoms with Crippen molar-refractivity contribution in [2.24, 2.45) is 0 Å². The molecule has 0 bridgehead atoms. The molecule has 8 heteroatoms. The zero-order valence-corrected chi connectivity index (χ0v) is 16.8. The number of imidazole rings is 1. The molecule has 154 valence electrons. The van der Waals surface area contributed by atoms with Gasteiger partial charge in [-0.25, -0.2) is 19.8 Å². The zero-order valence-electron chi connectivity index (χ0n) is 16.8. The molecule has 5 rings (SSSR count). The van der Waals surface area contributed by atoms with Gasteiger partial charge in [0.15, 0.2) is 17.2 Å². The molecular formula is C24H17N7O. The number of rotatable bonds is 4. The molecule has 8 nitrogen and oxygen atoms in total. The Hall–Kier alpha value is -4.61. The lowest BCUT2D eigenvalue weighted by atomic mass is 10.1. The third kappa shape index (κ3) is 3.23. The lowest BCUT2D eigenvalue weighted by Crippen LogP contribution is -2.02. The van der Waals surface area contributed by atoms with E-state index in [1.807, 2.05) is 47.0 Å². The number of pyridine rings is 3. The van der Waals surface area contributed by atoms with Gasteiger partial charge in [0.1, 0.15) is 11.3 Å². The molecule has 0 unspecified atom stereocenters. The molecule has 1 aromatic carbocycles. The second kappa shape index (κ2) is 7.91. The first kappa shape index (κ1) is 19.4. The van der Waals surface area contributed by atoms with E-state index in [4.69, 9.17) is 22.3 Å². The maximum atomic E-state index is 9.43. The zero-order chi connectivity index (χ0) is 22.1. The van der Waals surface area contributed by atoms with Crippen molar-refractivity contribution < 1.29 is 5.11 Å². The fraction of sp³-hybridized carbons (Fsp3) is 0.0417. The lowest BCUT2D eigenvalue weighted by molar-refractivity contribution is 0.282. The Morgan fingerprint density at radius 2 is 1.81 bits per heavy atom. The van der Waals surface area contributed by atoms with E-state index < -0.39 is 0 Å². The van der Waals surface area contributed by atoms with Crippen LogP contribution in [-0.2, 0) is 6.61 Å². The van der Waals surface area contributed by atoms with Crippen molar-refractivity contribution in [1.82, 2.24) is 24.5 Å². The van der Waals surface area contributed by atoms with Crippen molar-refractivity contribution in [1.29, 1.82) is 0 Å². The van der Waals surface area contributed by atoms with Gasteiger partial charge in [-0.2, -0.15) is 0 Å². The molecule has 0 spiro atoms. The predicted octanol–water partition coefficient (Wildman–Crippen LogP) is 4.17. The number of hydrogen-bond acceptors (Lipinski definition) is 6. The van der Waals surface area contributed by atoms with Gasteiger partial charge in [0.2, 0.25) is 0 Å². The topological polar surface area (TPSA) is 107 Å². The molecule has 4 heterocycles. The molecule has 0 atom stereocenters. The van der Waals surface area contributed by atoms with Crippen LogP contribution in [-0.4, -0.2) is 29.6 Å². The van der Waals surface area contributed by atoms with E-state index in [-0.39, 0.29) is 6.61 Å². The fourth-order valence-corrected chi connectivity index (χ4v) is 3.57. The van der Waals surface area contributed by atoms with Crippen LogP contribution in [0.25, 0.3) is 44.3 Å². The molecule has 5 aromatic rings. The van der Waals surface area contributed by atoms with Gasteiger partial charge in [0.05, 0.1) is 24.4 Å². The molecule has 0 aliphatic rings. The summed E-state index contributed by atoms with van der Waals surface area (Å²) in [6.07, 6.45) is 4.86. The highest BCUT2D eigenvalue weighted by Gasteiger charge is 2.19. The average molecular weight is 419 g/mol. The van der Waals surface area contributed by atoms with Crippen molar-refractivity contribution in [3.05, 3.63) is 90.2 Å². The van der Waals surface area contributed by atoms with Crippen LogP contribution >= 0.6 is 0 Å². The van der Waals surface area contributed by atoms with Crippen molar-refractivity contribution in [2.45, 2.75) is 6.61 Å². The van der Waals surface area contributed by atoms with E-state index >= 15 is 0 Å². The fourth-order valence-electron chi connectivity index (χ4n) is 3.57. The number of aliphatic hydroxyl groups is 1. The first-order chi connectivity index (χ1) is 15.7. The molecule has 3 N–H and O–H groups in total. The molecule has 0 fully saturated rings. The van der Waals surface area contributed by atoms with Gasteiger partial charge in [-0.15, -0.1) is 0 Å². The van der Waals surface area contributed by atoms with Crippen LogP contribution in [0, 0.1) is 6.57 Å². The number of nitrogens with zero attached hydrogens (tertiary/aromatic N) is 6. The van der Waals surface area contributed by atoms with Gasteiger partial charge in [-0.3, -0.25) is 9.55 Å². The van der Waals surface area contributed by atoms with Crippen LogP contribution in [0.3, 0.4) is 0 Å². The quantitative estimate of drug-likeness (QED) is 0.424. The number of benzene rings is 1.